The van der Waals surface area contributed by atoms with E-state index in [0.29, 0.717) is 0 Å². The van der Waals surface area contributed by atoms with Gasteiger partial charge in [-0.3, -0.25) is 9.59 Å². The van der Waals surface area contributed by atoms with Crippen LogP contribution in [0.15, 0.2) is 25.3 Å². The topological polar surface area (TPSA) is 52.6 Å². The standard InChI is InChI=1S/C6H10O4S2.2C3H6/c7-5(3-11)9-1-2-10-6(8)4-12;2*1-3-2/h11-12H,1-4H2;2*3H,1H2,2H3. The lowest BCUT2D eigenvalue weighted by Crippen LogP contribution is -2.14. The number of thiol groups is 2. The molecule has 0 aliphatic carbocycles. The Hall–Kier alpha value is -0.880. The molecular weight excluding hydrogens is 272 g/mol. The van der Waals surface area contributed by atoms with Gasteiger partial charge in [-0.2, -0.15) is 25.3 Å². The first-order chi connectivity index (χ1) is 8.53. The molecule has 0 aromatic carbocycles. The molecule has 0 aliphatic heterocycles. The second-order valence-electron chi connectivity index (χ2n) is 2.57. The van der Waals surface area contributed by atoms with Crippen LogP contribution in [-0.2, 0) is 19.1 Å². The van der Waals surface area contributed by atoms with Crippen LogP contribution >= 0.6 is 25.3 Å². The van der Waals surface area contributed by atoms with Crippen molar-refractivity contribution in [2.45, 2.75) is 13.8 Å². The molecule has 0 fully saturated rings. The predicted molar refractivity (Wildman–Crippen MR) is 81.4 cm³/mol. The molecule has 0 heterocycles. The SMILES string of the molecule is C=CC.C=CC.O=C(CS)OCCOC(=O)CS. The molecule has 0 aliphatic rings. The van der Waals surface area contributed by atoms with Gasteiger partial charge >= 0.3 is 11.9 Å². The largest absolute Gasteiger partial charge is 0.461 e. The number of ether oxygens (including phenoxy) is 2. The van der Waals surface area contributed by atoms with Gasteiger partial charge < -0.3 is 9.47 Å². The average molecular weight is 294 g/mol. The average Bonchev–Trinajstić information content (AvgIpc) is 2.35. The maximum atomic E-state index is 10.5. The van der Waals surface area contributed by atoms with E-state index in [-0.39, 0.29) is 24.7 Å². The van der Waals surface area contributed by atoms with Crippen molar-refractivity contribution in [3.05, 3.63) is 25.3 Å². The first-order valence-corrected chi connectivity index (χ1v) is 6.47. The highest BCUT2D eigenvalue weighted by Gasteiger charge is 2.00. The zero-order valence-corrected chi connectivity index (χ0v) is 12.7. The van der Waals surface area contributed by atoms with E-state index in [4.69, 9.17) is 0 Å². The molecule has 106 valence electrons. The van der Waals surface area contributed by atoms with Gasteiger partial charge in [0.2, 0.25) is 0 Å². The predicted octanol–water partition coefficient (Wildman–Crippen LogP) is 2.32. The first kappa shape index (κ1) is 22.3. The number of carbonyl (C=O) groups is 2. The summed E-state index contributed by atoms with van der Waals surface area (Å²) in [6.45, 7) is 10.6. The first-order valence-electron chi connectivity index (χ1n) is 5.20. The molecule has 0 N–H and O–H groups in total. The number of hydrogen-bond donors (Lipinski definition) is 2. The minimum atomic E-state index is -0.430. The maximum absolute atomic E-state index is 10.5. The fourth-order valence-electron chi connectivity index (χ4n) is 0.402. The summed E-state index contributed by atoms with van der Waals surface area (Å²) in [6.07, 6.45) is 3.50. The molecule has 18 heavy (non-hydrogen) atoms. The van der Waals surface area contributed by atoms with Crippen molar-refractivity contribution in [3.63, 3.8) is 0 Å². The number of allylic oxidation sites excluding steroid dienone is 2. The normalized spacial score (nSPS) is 7.56. The summed E-state index contributed by atoms with van der Waals surface area (Å²) in [6, 6.07) is 0. The summed E-state index contributed by atoms with van der Waals surface area (Å²) in [5.41, 5.74) is 0. The van der Waals surface area contributed by atoms with E-state index in [2.05, 4.69) is 47.9 Å². The third kappa shape index (κ3) is 29.4. The van der Waals surface area contributed by atoms with E-state index in [1.807, 2.05) is 13.8 Å². The molecule has 6 heteroatoms. The number of carbonyl (C=O) groups excluding carboxylic acids is 2. The summed E-state index contributed by atoms with van der Waals surface area (Å²) in [5.74, 6) is -0.804. The molecule has 0 spiro atoms. The van der Waals surface area contributed by atoms with Crippen LogP contribution in [0, 0.1) is 0 Å². The van der Waals surface area contributed by atoms with Crippen molar-refractivity contribution in [2.24, 2.45) is 0 Å². The molecule has 0 amide bonds. The molecule has 4 nitrogen and oxygen atoms in total. The highest BCUT2D eigenvalue weighted by atomic mass is 32.1. The molecule has 0 rings (SSSR count). The number of hydrogen-bond acceptors (Lipinski definition) is 6. The summed E-state index contributed by atoms with van der Waals surface area (Å²) in [7, 11) is 0. The van der Waals surface area contributed by atoms with Gasteiger partial charge in [-0.05, 0) is 13.8 Å². The van der Waals surface area contributed by atoms with E-state index >= 15 is 0 Å². The molecule has 0 saturated heterocycles. The van der Waals surface area contributed by atoms with Crippen LogP contribution in [0.25, 0.3) is 0 Å². The highest BCUT2D eigenvalue weighted by Crippen LogP contribution is 1.85. The number of esters is 2. The van der Waals surface area contributed by atoms with Gasteiger partial charge in [-0.1, -0.05) is 12.2 Å². The highest BCUT2D eigenvalue weighted by molar-refractivity contribution is 7.81. The summed E-state index contributed by atoms with van der Waals surface area (Å²) in [4.78, 5) is 20.9. The van der Waals surface area contributed by atoms with Gasteiger partial charge in [0.25, 0.3) is 0 Å². The van der Waals surface area contributed by atoms with E-state index in [9.17, 15) is 9.59 Å². The molecule has 0 atom stereocenters. The van der Waals surface area contributed by atoms with Crippen molar-refractivity contribution in [1.29, 1.82) is 0 Å². The van der Waals surface area contributed by atoms with Crippen molar-refractivity contribution in [1.82, 2.24) is 0 Å². The minimum Gasteiger partial charge on any atom is -0.461 e. The van der Waals surface area contributed by atoms with Crippen molar-refractivity contribution < 1.29 is 19.1 Å². The Morgan fingerprint density at radius 3 is 1.33 bits per heavy atom. The Balaban J connectivity index is -0.000000315. The van der Waals surface area contributed by atoms with Crippen molar-refractivity contribution >= 4 is 37.2 Å². The van der Waals surface area contributed by atoms with Crippen LogP contribution in [0.4, 0.5) is 0 Å². The third-order valence-corrected chi connectivity index (χ3v) is 1.38. The molecule has 0 bridgehead atoms. The molecule has 0 aromatic heterocycles. The van der Waals surface area contributed by atoms with Crippen LogP contribution in [0.5, 0.6) is 0 Å². The number of rotatable bonds is 5. The Kier molecular flexibility index (Phi) is 26.5. The van der Waals surface area contributed by atoms with Gasteiger partial charge in [0.15, 0.2) is 0 Å². The van der Waals surface area contributed by atoms with E-state index in [0.717, 1.165) is 0 Å². The lowest BCUT2D eigenvalue weighted by molar-refractivity contribution is -0.148. The van der Waals surface area contributed by atoms with Crippen molar-refractivity contribution in [3.8, 4) is 0 Å². The van der Waals surface area contributed by atoms with Gasteiger partial charge in [0.1, 0.15) is 13.2 Å². The van der Waals surface area contributed by atoms with E-state index in [1.54, 1.807) is 12.2 Å². The smallest absolute Gasteiger partial charge is 0.315 e. The second-order valence-corrected chi connectivity index (χ2v) is 3.21. The monoisotopic (exact) mass is 294 g/mol. The van der Waals surface area contributed by atoms with Crippen molar-refractivity contribution in [2.75, 3.05) is 24.7 Å². The van der Waals surface area contributed by atoms with Gasteiger partial charge in [0, 0.05) is 0 Å². The third-order valence-electron chi connectivity index (χ3n) is 0.868. The molecule has 0 radical (unpaired) electrons. The minimum absolute atomic E-state index is 0.0283. The molecular formula is C12H22O4S2. The summed E-state index contributed by atoms with van der Waals surface area (Å²) < 4.78 is 9.14. The summed E-state index contributed by atoms with van der Waals surface area (Å²) >= 11 is 7.36. The fraction of sp³-hybridized carbons (Fsp3) is 0.500. The van der Waals surface area contributed by atoms with Crippen LogP contribution < -0.4 is 0 Å². The zero-order chi connectivity index (χ0) is 14.8. The molecule has 0 aromatic rings. The fourth-order valence-corrected chi connectivity index (χ4v) is 0.585. The van der Waals surface area contributed by atoms with Crippen LogP contribution in [0.2, 0.25) is 0 Å². The van der Waals surface area contributed by atoms with Crippen LogP contribution in [0.3, 0.4) is 0 Å². The molecule has 0 saturated carbocycles. The van der Waals surface area contributed by atoms with Gasteiger partial charge in [-0.25, -0.2) is 0 Å². The Morgan fingerprint density at radius 2 is 1.17 bits per heavy atom. The Morgan fingerprint density at radius 1 is 0.944 bits per heavy atom. The Bertz CT molecular complexity index is 206. The van der Waals surface area contributed by atoms with Crippen LogP contribution in [0.1, 0.15) is 13.8 Å². The van der Waals surface area contributed by atoms with Gasteiger partial charge in [-0.15, -0.1) is 13.2 Å². The maximum Gasteiger partial charge on any atom is 0.315 e. The lowest BCUT2D eigenvalue weighted by Gasteiger charge is -2.03. The van der Waals surface area contributed by atoms with Gasteiger partial charge in [0.05, 0.1) is 11.5 Å². The lowest BCUT2D eigenvalue weighted by atomic mass is 10.7. The van der Waals surface area contributed by atoms with Crippen LogP contribution in [-0.4, -0.2) is 36.7 Å². The Labute approximate surface area is 120 Å². The van der Waals surface area contributed by atoms with E-state index < -0.39 is 11.9 Å². The second kappa shape index (κ2) is 21.4. The molecule has 0 unspecified atom stereocenters. The summed E-state index contributed by atoms with van der Waals surface area (Å²) in [5, 5.41) is 0. The quantitative estimate of drug-likeness (QED) is 0.354. The zero-order valence-electron chi connectivity index (χ0n) is 10.9. The van der Waals surface area contributed by atoms with E-state index in [1.165, 1.54) is 0 Å².